The van der Waals surface area contributed by atoms with Crippen molar-refractivity contribution in [3.8, 4) is 0 Å². The van der Waals surface area contributed by atoms with Gasteiger partial charge in [0.2, 0.25) is 0 Å². The third-order valence-corrected chi connectivity index (χ3v) is 5.08. The first-order chi connectivity index (χ1) is 7.90. The minimum atomic E-state index is 0.687. The molecule has 0 aliphatic heterocycles. The van der Waals surface area contributed by atoms with Gasteiger partial charge in [0.05, 0.1) is 5.01 Å². The van der Waals surface area contributed by atoms with E-state index in [0.29, 0.717) is 6.04 Å². The molecule has 2 aliphatic rings. The van der Waals surface area contributed by atoms with Crippen molar-refractivity contribution in [2.24, 2.45) is 17.8 Å². The molecular formula is C13H20N2S. The summed E-state index contributed by atoms with van der Waals surface area (Å²) in [5.41, 5.74) is 0. The van der Waals surface area contributed by atoms with Crippen LogP contribution in [0.2, 0.25) is 0 Å². The van der Waals surface area contributed by atoms with E-state index in [2.05, 4.69) is 22.6 Å². The number of nitrogens with one attached hydrogen (secondary N) is 1. The molecule has 0 spiro atoms. The van der Waals surface area contributed by atoms with Gasteiger partial charge >= 0.3 is 0 Å². The van der Waals surface area contributed by atoms with Gasteiger partial charge < -0.3 is 5.32 Å². The van der Waals surface area contributed by atoms with Crippen LogP contribution in [0.5, 0.6) is 0 Å². The summed E-state index contributed by atoms with van der Waals surface area (Å²) >= 11 is 1.80. The molecule has 2 saturated carbocycles. The summed E-state index contributed by atoms with van der Waals surface area (Å²) in [5.74, 6) is 3.05. The molecule has 2 aliphatic carbocycles. The van der Waals surface area contributed by atoms with E-state index in [0.717, 1.165) is 30.7 Å². The Kier molecular flexibility index (Phi) is 2.99. The molecule has 16 heavy (non-hydrogen) atoms. The van der Waals surface area contributed by atoms with Crippen LogP contribution in [0.25, 0.3) is 0 Å². The molecule has 2 nitrogen and oxygen atoms in total. The van der Waals surface area contributed by atoms with Gasteiger partial charge in [-0.3, -0.25) is 0 Å². The molecule has 1 aromatic rings. The van der Waals surface area contributed by atoms with Crippen LogP contribution in [-0.2, 0) is 6.42 Å². The van der Waals surface area contributed by atoms with Crippen molar-refractivity contribution in [3.05, 3.63) is 16.6 Å². The van der Waals surface area contributed by atoms with E-state index in [1.165, 1.54) is 24.3 Å². The maximum Gasteiger partial charge on any atom is 0.0940 e. The summed E-state index contributed by atoms with van der Waals surface area (Å²) in [5, 5.41) is 7.07. The standard InChI is InChI=1S/C13H20N2S/c1-2-14-11(8-12-15-6-7-16-12)13-9-4-3-5-10(9)13/h6-7,9-11,13-14H,2-5,8H2,1H3. The van der Waals surface area contributed by atoms with Gasteiger partial charge in [0.15, 0.2) is 0 Å². The van der Waals surface area contributed by atoms with Gasteiger partial charge in [-0.05, 0) is 37.1 Å². The first-order valence-corrected chi connectivity index (χ1v) is 7.40. The largest absolute Gasteiger partial charge is 0.314 e. The third-order valence-electron chi connectivity index (χ3n) is 4.28. The van der Waals surface area contributed by atoms with Crippen molar-refractivity contribution in [1.82, 2.24) is 10.3 Å². The van der Waals surface area contributed by atoms with Crippen molar-refractivity contribution in [3.63, 3.8) is 0 Å². The molecule has 0 bridgehead atoms. The Balaban J connectivity index is 1.63. The minimum Gasteiger partial charge on any atom is -0.314 e. The second-order valence-corrected chi connectivity index (χ2v) is 6.11. The SMILES string of the molecule is CCNC(Cc1nccs1)C1C2CCCC21. The molecule has 0 aromatic carbocycles. The van der Waals surface area contributed by atoms with Crippen molar-refractivity contribution >= 4 is 11.3 Å². The Hall–Kier alpha value is -0.410. The minimum absolute atomic E-state index is 0.687. The average Bonchev–Trinajstić information content (AvgIpc) is 2.76. The molecule has 1 heterocycles. The van der Waals surface area contributed by atoms with Crippen molar-refractivity contribution in [1.29, 1.82) is 0 Å². The molecule has 1 N–H and O–H groups in total. The number of hydrogen-bond donors (Lipinski definition) is 1. The lowest BCUT2D eigenvalue weighted by molar-refractivity contribution is 0.410. The normalized spacial score (nSPS) is 33.7. The van der Waals surface area contributed by atoms with Gasteiger partial charge in [0, 0.05) is 24.0 Å². The lowest BCUT2D eigenvalue weighted by Gasteiger charge is -2.18. The fourth-order valence-corrected chi connectivity index (χ4v) is 4.30. The highest BCUT2D eigenvalue weighted by molar-refractivity contribution is 7.09. The molecule has 3 rings (SSSR count). The highest BCUT2D eigenvalue weighted by Crippen LogP contribution is 2.59. The van der Waals surface area contributed by atoms with Crippen LogP contribution in [-0.4, -0.2) is 17.6 Å². The van der Waals surface area contributed by atoms with E-state index in [4.69, 9.17) is 0 Å². The van der Waals surface area contributed by atoms with Crippen molar-refractivity contribution in [2.45, 2.75) is 38.6 Å². The van der Waals surface area contributed by atoms with Crippen molar-refractivity contribution < 1.29 is 0 Å². The highest BCUT2D eigenvalue weighted by atomic mass is 32.1. The van der Waals surface area contributed by atoms with Gasteiger partial charge in [-0.15, -0.1) is 11.3 Å². The van der Waals surface area contributed by atoms with Crippen LogP contribution in [0, 0.1) is 17.8 Å². The molecule has 3 heteroatoms. The molecule has 3 atom stereocenters. The lowest BCUT2D eigenvalue weighted by atomic mass is 10.0. The van der Waals surface area contributed by atoms with Crippen LogP contribution in [0.1, 0.15) is 31.2 Å². The monoisotopic (exact) mass is 236 g/mol. The maximum atomic E-state index is 4.42. The zero-order chi connectivity index (χ0) is 11.0. The van der Waals surface area contributed by atoms with Crippen LogP contribution in [0.4, 0.5) is 0 Å². The fraction of sp³-hybridized carbons (Fsp3) is 0.769. The first kappa shape index (κ1) is 10.7. The zero-order valence-corrected chi connectivity index (χ0v) is 10.7. The van der Waals surface area contributed by atoms with Crippen LogP contribution in [0.15, 0.2) is 11.6 Å². The second-order valence-electron chi connectivity index (χ2n) is 5.13. The lowest BCUT2D eigenvalue weighted by Crippen LogP contribution is -2.34. The quantitative estimate of drug-likeness (QED) is 0.850. The van der Waals surface area contributed by atoms with Crippen LogP contribution in [0.3, 0.4) is 0 Å². The van der Waals surface area contributed by atoms with Gasteiger partial charge in [-0.1, -0.05) is 13.3 Å². The summed E-state index contributed by atoms with van der Waals surface area (Å²) in [6.07, 6.45) is 7.51. The molecule has 0 radical (unpaired) electrons. The highest BCUT2D eigenvalue weighted by Gasteiger charge is 2.55. The third kappa shape index (κ3) is 1.91. The topological polar surface area (TPSA) is 24.9 Å². The van der Waals surface area contributed by atoms with Gasteiger partial charge in [0.25, 0.3) is 0 Å². The molecule has 1 aromatic heterocycles. The summed E-state index contributed by atoms with van der Waals surface area (Å²) in [6.45, 7) is 3.30. The summed E-state index contributed by atoms with van der Waals surface area (Å²) < 4.78 is 0. The van der Waals surface area contributed by atoms with E-state index < -0.39 is 0 Å². The Morgan fingerprint density at radius 2 is 2.31 bits per heavy atom. The number of nitrogens with zero attached hydrogens (tertiary/aromatic N) is 1. The summed E-state index contributed by atoms with van der Waals surface area (Å²) in [7, 11) is 0. The van der Waals surface area contributed by atoms with E-state index in [9.17, 15) is 0 Å². The number of rotatable bonds is 5. The fourth-order valence-electron chi connectivity index (χ4n) is 3.62. The first-order valence-electron chi connectivity index (χ1n) is 6.52. The Morgan fingerprint density at radius 1 is 1.50 bits per heavy atom. The number of thiazole rings is 1. The van der Waals surface area contributed by atoms with Gasteiger partial charge in [-0.25, -0.2) is 4.98 Å². The van der Waals surface area contributed by atoms with E-state index >= 15 is 0 Å². The van der Waals surface area contributed by atoms with E-state index in [1.807, 2.05) is 6.20 Å². The van der Waals surface area contributed by atoms with Gasteiger partial charge in [0.1, 0.15) is 0 Å². The number of fused-ring (bicyclic) bond motifs is 1. The second kappa shape index (κ2) is 4.46. The number of hydrogen-bond acceptors (Lipinski definition) is 3. The van der Waals surface area contributed by atoms with E-state index in [-0.39, 0.29) is 0 Å². The van der Waals surface area contributed by atoms with Crippen LogP contribution >= 0.6 is 11.3 Å². The molecule has 88 valence electrons. The Labute approximate surface area is 101 Å². The number of aromatic nitrogens is 1. The number of likely N-dealkylation sites (N-methyl/N-ethyl adjacent to an activating group) is 1. The molecule has 0 amide bonds. The molecule has 2 fully saturated rings. The predicted molar refractivity (Wildman–Crippen MR) is 67.6 cm³/mol. The predicted octanol–water partition coefficient (Wildman–Crippen LogP) is 2.71. The Morgan fingerprint density at radius 3 is 2.94 bits per heavy atom. The van der Waals surface area contributed by atoms with Gasteiger partial charge in [-0.2, -0.15) is 0 Å². The molecular weight excluding hydrogens is 216 g/mol. The smallest absolute Gasteiger partial charge is 0.0940 e. The van der Waals surface area contributed by atoms with Crippen molar-refractivity contribution in [2.75, 3.05) is 6.54 Å². The molecule has 0 saturated heterocycles. The molecule has 3 unspecified atom stereocenters. The average molecular weight is 236 g/mol. The zero-order valence-electron chi connectivity index (χ0n) is 9.86. The van der Waals surface area contributed by atoms with E-state index in [1.54, 1.807) is 11.3 Å². The summed E-state index contributed by atoms with van der Waals surface area (Å²) in [6, 6.07) is 0.687. The van der Waals surface area contributed by atoms with Crippen LogP contribution < -0.4 is 5.32 Å². The Bertz CT molecular complexity index is 326. The maximum absolute atomic E-state index is 4.42. The summed E-state index contributed by atoms with van der Waals surface area (Å²) in [4.78, 5) is 4.42.